The summed E-state index contributed by atoms with van der Waals surface area (Å²) >= 11 is 0. The molecule has 0 aliphatic carbocycles. The van der Waals surface area contributed by atoms with E-state index in [9.17, 15) is 0 Å². The summed E-state index contributed by atoms with van der Waals surface area (Å²) in [5.74, 6) is 0. The van der Waals surface area contributed by atoms with Crippen LogP contribution in [0.4, 0.5) is 0 Å². The van der Waals surface area contributed by atoms with Crippen LogP contribution < -0.4 is 0 Å². The summed E-state index contributed by atoms with van der Waals surface area (Å²) in [5, 5.41) is 8.99. The van der Waals surface area contributed by atoms with Crippen LogP contribution >= 0.6 is 0 Å². The predicted molar refractivity (Wildman–Crippen MR) is 141 cm³/mol. The summed E-state index contributed by atoms with van der Waals surface area (Å²) in [6, 6.07) is 0. The summed E-state index contributed by atoms with van der Waals surface area (Å²) in [6.07, 6.45) is 0.661. The van der Waals surface area contributed by atoms with Crippen LogP contribution in [0, 0.1) is 0 Å². The maximum atomic E-state index is 8.99. The molecule has 0 saturated carbocycles. The van der Waals surface area contributed by atoms with Crippen LogP contribution in [-0.2, 0) is 37.9 Å². The van der Waals surface area contributed by atoms with Crippen LogP contribution in [-0.4, -0.2) is 113 Å². The Kier molecular flexibility index (Phi) is 22.4. The normalized spacial score (nSPS) is 18.8. The van der Waals surface area contributed by atoms with Crippen molar-refractivity contribution in [1.29, 1.82) is 0 Å². The van der Waals surface area contributed by atoms with Crippen molar-refractivity contribution in [3.8, 4) is 0 Å². The van der Waals surface area contributed by atoms with E-state index in [0.29, 0.717) is 46.2 Å². The first-order chi connectivity index (χ1) is 17.1. The lowest BCUT2D eigenvalue weighted by Gasteiger charge is -2.23. The minimum absolute atomic E-state index is 0.000954. The van der Waals surface area contributed by atoms with Crippen LogP contribution in [0.2, 0.25) is 0 Å². The fraction of sp³-hybridized carbons (Fsp3) is 1.00. The van der Waals surface area contributed by atoms with Gasteiger partial charge in [-0.2, -0.15) is 0 Å². The van der Waals surface area contributed by atoms with Crippen LogP contribution in [0.15, 0.2) is 0 Å². The highest BCUT2D eigenvalue weighted by Crippen LogP contribution is 2.05. The molecule has 0 fully saturated rings. The monoisotopic (exact) mass is 524 g/mol. The van der Waals surface area contributed by atoms with E-state index in [1.807, 2.05) is 55.4 Å². The quantitative estimate of drug-likeness (QED) is 0.192. The zero-order valence-electron chi connectivity index (χ0n) is 24.4. The first-order valence-corrected chi connectivity index (χ1v) is 13.6. The molecular weight excluding hydrogens is 468 g/mol. The van der Waals surface area contributed by atoms with Gasteiger partial charge < -0.3 is 43.0 Å². The Morgan fingerprint density at radius 1 is 0.389 bits per heavy atom. The summed E-state index contributed by atoms with van der Waals surface area (Å²) < 4.78 is 46.0. The molecule has 0 rings (SSSR count). The zero-order valence-corrected chi connectivity index (χ0v) is 24.4. The van der Waals surface area contributed by atoms with Crippen molar-refractivity contribution in [3.63, 3.8) is 0 Å². The molecule has 0 radical (unpaired) electrons. The third kappa shape index (κ3) is 21.7. The number of hydrogen-bond donors (Lipinski definition) is 1. The number of ether oxygens (including phenoxy) is 8. The van der Waals surface area contributed by atoms with E-state index in [1.54, 1.807) is 0 Å². The van der Waals surface area contributed by atoms with E-state index in [-0.39, 0.29) is 55.4 Å². The third-order valence-corrected chi connectivity index (χ3v) is 5.17. The lowest BCUT2D eigenvalue weighted by molar-refractivity contribution is -0.109. The Bertz CT molecular complexity index is 482. The molecule has 0 aromatic heterocycles. The second-order valence-electron chi connectivity index (χ2n) is 9.87. The summed E-state index contributed by atoms with van der Waals surface area (Å²) in [7, 11) is 0. The SMILES string of the molecule is CCCOC(C)COC(C)COC(C)COC(C)COC(C)COC(C)COC(C)COC(C)CO. The largest absolute Gasteiger partial charge is 0.394 e. The van der Waals surface area contributed by atoms with Crippen molar-refractivity contribution in [1.82, 2.24) is 0 Å². The molecule has 0 bridgehead atoms. The number of hydrogen-bond acceptors (Lipinski definition) is 9. The van der Waals surface area contributed by atoms with Gasteiger partial charge in [0.25, 0.3) is 0 Å². The van der Waals surface area contributed by atoms with Crippen molar-refractivity contribution in [3.05, 3.63) is 0 Å². The molecule has 8 unspecified atom stereocenters. The topological polar surface area (TPSA) is 94.1 Å². The summed E-state index contributed by atoms with van der Waals surface area (Å²) in [4.78, 5) is 0. The van der Waals surface area contributed by atoms with Gasteiger partial charge in [-0.3, -0.25) is 0 Å². The Morgan fingerprint density at radius 2 is 0.611 bits per heavy atom. The van der Waals surface area contributed by atoms with Gasteiger partial charge in [0.05, 0.1) is 102 Å². The average molecular weight is 525 g/mol. The van der Waals surface area contributed by atoms with Gasteiger partial charge in [-0.05, 0) is 61.8 Å². The second kappa shape index (κ2) is 22.6. The minimum atomic E-state index is -0.182. The van der Waals surface area contributed by atoms with E-state index in [2.05, 4.69) is 6.92 Å². The number of rotatable bonds is 25. The molecule has 8 atom stereocenters. The van der Waals surface area contributed by atoms with Crippen molar-refractivity contribution < 1.29 is 43.0 Å². The molecule has 36 heavy (non-hydrogen) atoms. The van der Waals surface area contributed by atoms with Crippen molar-refractivity contribution >= 4 is 0 Å². The highest BCUT2D eigenvalue weighted by molar-refractivity contribution is 4.59. The number of aliphatic hydroxyl groups is 1. The van der Waals surface area contributed by atoms with Gasteiger partial charge in [0.2, 0.25) is 0 Å². The van der Waals surface area contributed by atoms with E-state index in [1.165, 1.54) is 0 Å². The Balaban J connectivity index is 3.83. The van der Waals surface area contributed by atoms with E-state index in [4.69, 9.17) is 43.0 Å². The fourth-order valence-electron chi connectivity index (χ4n) is 2.81. The summed E-state index contributed by atoms with van der Waals surface area (Å²) in [6.45, 7) is 22.0. The van der Waals surface area contributed by atoms with E-state index >= 15 is 0 Å². The van der Waals surface area contributed by atoms with Crippen LogP contribution in [0.25, 0.3) is 0 Å². The van der Waals surface area contributed by atoms with Gasteiger partial charge in [-0.1, -0.05) is 6.92 Å². The minimum Gasteiger partial charge on any atom is -0.394 e. The Labute approximate surface area is 220 Å². The molecule has 218 valence electrons. The molecule has 1 N–H and O–H groups in total. The van der Waals surface area contributed by atoms with E-state index < -0.39 is 0 Å². The molecule has 0 spiro atoms. The number of aliphatic hydroxyl groups excluding tert-OH is 1. The Morgan fingerprint density at radius 3 is 0.833 bits per heavy atom. The lowest BCUT2D eigenvalue weighted by Crippen LogP contribution is -2.30. The molecule has 0 heterocycles. The second-order valence-corrected chi connectivity index (χ2v) is 9.87. The summed E-state index contributed by atoms with van der Waals surface area (Å²) in [5.41, 5.74) is 0. The van der Waals surface area contributed by atoms with Crippen molar-refractivity contribution in [2.45, 2.75) is 118 Å². The van der Waals surface area contributed by atoms with Crippen LogP contribution in [0.1, 0.15) is 68.7 Å². The van der Waals surface area contributed by atoms with Crippen LogP contribution in [0.3, 0.4) is 0 Å². The zero-order chi connectivity index (χ0) is 27.3. The molecule has 0 aliphatic heterocycles. The lowest BCUT2D eigenvalue weighted by atomic mass is 10.3. The highest BCUT2D eigenvalue weighted by atomic mass is 16.6. The maximum Gasteiger partial charge on any atom is 0.0781 e. The predicted octanol–water partition coefficient (Wildman–Crippen LogP) is 3.63. The molecular formula is C27H56O9. The van der Waals surface area contributed by atoms with Gasteiger partial charge in [-0.15, -0.1) is 0 Å². The average Bonchev–Trinajstić information content (AvgIpc) is 2.87. The Hall–Kier alpha value is -0.360. The molecule has 0 aromatic carbocycles. The molecule has 0 amide bonds. The van der Waals surface area contributed by atoms with Gasteiger partial charge in [0.15, 0.2) is 0 Å². The first-order valence-electron chi connectivity index (χ1n) is 13.6. The van der Waals surface area contributed by atoms with Gasteiger partial charge in [0, 0.05) is 6.61 Å². The van der Waals surface area contributed by atoms with Crippen LogP contribution in [0.5, 0.6) is 0 Å². The van der Waals surface area contributed by atoms with Gasteiger partial charge in [-0.25, -0.2) is 0 Å². The van der Waals surface area contributed by atoms with E-state index in [0.717, 1.165) is 13.0 Å². The van der Waals surface area contributed by atoms with Gasteiger partial charge in [0.1, 0.15) is 0 Å². The molecule has 0 aromatic rings. The molecule has 0 aliphatic rings. The smallest absolute Gasteiger partial charge is 0.0781 e. The maximum absolute atomic E-state index is 8.99. The first kappa shape index (κ1) is 35.6. The molecule has 9 heteroatoms. The van der Waals surface area contributed by atoms with Gasteiger partial charge >= 0.3 is 0 Å². The van der Waals surface area contributed by atoms with Crippen molar-refractivity contribution in [2.24, 2.45) is 0 Å². The third-order valence-electron chi connectivity index (χ3n) is 5.17. The standard InChI is InChI=1S/C27H56O9/c1-10-11-29-21(3)13-31-23(5)15-33-25(7)17-35-27(9)19-36-26(8)18-34-24(6)16-32-22(4)14-30-20(2)12-28/h20-28H,10-19H2,1-9H3. The molecule has 9 nitrogen and oxygen atoms in total. The van der Waals surface area contributed by atoms with Crippen molar-refractivity contribution in [2.75, 3.05) is 59.5 Å². The fourth-order valence-corrected chi connectivity index (χ4v) is 2.81. The highest BCUT2D eigenvalue weighted by Gasteiger charge is 2.14. The molecule has 0 saturated heterocycles.